The molecule has 1 saturated carbocycles. The van der Waals surface area contributed by atoms with Gasteiger partial charge in [0.2, 0.25) is 0 Å². The number of nitrogens with two attached hydrogens (primary N) is 2. The van der Waals surface area contributed by atoms with Crippen LogP contribution in [0, 0.1) is 6.92 Å². The summed E-state index contributed by atoms with van der Waals surface area (Å²) in [6.07, 6.45) is 5.50. The van der Waals surface area contributed by atoms with E-state index < -0.39 is 6.56 Å². The highest BCUT2D eigenvalue weighted by atomic mass is 16.5. The van der Waals surface area contributed by atoms with E-state index in [0.717, 1.165) is 18.7 Å². The van der Waals surface area contributed by atoms with Crippen LogP contribution in [-0.2, 0) is 18.5 Å². The first-order valence-electron chi connectivity index (χ1n) is 11.0. The number of anilines is 2. The van der Waals surface area contributed by atoms with Crippen LogP contribution in [0.1, 0.15) is 37.8 Å². The average molecular weight is 405 g/mol. The molecular formula is C23H26N6O. The van der Waals surface area contributed by atoms with Gasteiger partial charge in [-0.2, -0.15) is 0 Å². The number of nitrogens with zero attached hydrogens (tertiary/aromatic N) is 4. The highest BCUT2D eigenvalue weighted by molar-refractivity contribution is 5.65. The van der Waals surface area contributed by atoms with Crippen LogP contribution in [-0.4, -0.2) is 33.4 Å². The highest BCUT2D eigenvalue weighted by Gasteiger charge is 2.49. The Morgan fingerprint density at radius 1 is 1.23 bits per heavy atom. The summed E-state index contributed by atoms with van der Waals surface area (Å²) in [5.41, 5.74) is 17.7. The van der Waals surface area contributed by atoms with Gasteiger partial charge in [0, 0.05) is 30.3 Å². The van der Waals surface area contributed by atoms with E-state index in [1.807, 2.05) is 0 Å². The third kappa shape index (κ3) is 3.35. The summed E-state index contributed by atoms with van der Waals surface area (Å²) in [6.45, 7) is 1.95. The molecule has 1 aliphatic carbocycles. The lowest BCUT2D eigenvalue weighted by atomic mass is 9.82. The van der Waals surface area contributed by atoms with Crippen molar-refractivity contribution in [3.05, 3.63) is 58.9 Å². The Morgan fingerprint density at radius 3 is 2.83 bits per heavy atom. The average Bonchev–Trinajstić information content (AvgIpc) is 3.47. The second kappa shape index (κ2) is 6.95. The standard InChI is InChI=1S/C23H26N6O/c1-14-7-16(9-17-11-29(2)13-23(4-5-23)20(14)17)18-10-27-21(25)22(28-18)30-12-15-3-6-26-19(24)8-15/h3,6-10H,4-5,11-13H2,1-2H3,(H2,24,26)(H2,25,27)/i12D2. The van der Waals surface area contributed by atoms with Gasteiger partial charge in [0.1, 0.15) is 12.4 Å². The van der Waals surface area contributed by atoms with Crippen molar-refractivity contribution in [2.75, 3.05) is 25.1 Å². The Kier molecular flexibility index (Phi) is 3.84. The molecule has 30 heavy (non-hydrogen) atoms. The number of pyridine rings is 1. The predicted molar refractivity (Wildman–Crippen MR) is 117 cm³/mol. The van der Waals surface area contributed by atoms with Crippen molar-refractivity contribution in [3.8, 4) is 17.1 Å². The van der Waals surface area contributed by atoms with E-state index in [2.05, 4.69) is 46.0 Å². The lowest BCUT2D eigenvalue weighted by Crippen LogP contribution is -2.35. The minimum absolute atomic E-state index is 0.0194. The van der Waals surface area contributed by atoms with Gasteiger partial charge < -0.3 is 21.1 Å². The molecule has 2 aromatic heterocycles. The summed E-state index contributed by atoms with van der Waals surface area (Å²) < 4.78 is 22.3. The molecule has 0 radical (unpaired) electrons. The molecule has 3 heterocycles. The second-order valence-electron chi connectivity index (χ2n) is 8.40. The van der Waals surface area contributed by atoms with Crippen molar-refractivity contribution in [2.45, 2.75) is 38.3 Å². The lowest BCUT2D eigenvalue weighted by Gasteiger charge is -2.34. The molecule has 0 saturated heterocycles. The minimum Gasteiger partial charge on any atom is -0.470 e. The number of aromatic nitrogens is 3. The van der Waals surface area contributed by atoms with Crippen molar-refractivity contribution in [1.29, 1.82) is 0 Å². The van der Waals surface area contributed by atoms with Gasteiger partial charge in [-0.25, -0.2) is 15.0 Å². The van der Waals surface area contributed by atoms with Crippen molar-refractivity contribution < 1.29 is 7.48 Å². The third-order valence-electron chi connectivity index (χ3n) is 5.92. The molecule has 0 unspecified atom stereocenters. The summed E-state index contributed by atoms with van der Waals surface area (Å²) >= 11 is 0. The topological polar surface area (TPSA) is 103 Å². The zero-order valence-electron chi connectivity index (χ0n) is 19.1. The molecule has 3 aromatic rings. The Balaban J connectivity index is 1.51. The van der Waals surface area contributed by atoms with Crippen LogP contribution >= 0.6 is 0 Å². The van der Waals surface area contributed by atoms with Gasteiger partial charge in [-0.1, -0.05) is 0 Å². The maximum Gasteiger partial charge on any atom is 0.258 e. The summed E-state index contributed by atoms with van der Waals surface area (Å²) in [5, 5.41) is 0. The third-order valence-corrected chi connectivity index (χ3v) is 5.92. The van der Waals surface area contributed by atoms with Crippen molar-refractivity contribution in [1.82, 2.24) is 19.9 Å². The van der Waals surface area contributed by atoms with E-state index in [0.29, 0.717) is 11.1 Å². The molecule has 1 aromatic carbocycles. The summed E-state index contributed by atoms with van der Waals surface area (Å²) in [6, 6.07) is 7.22. The first kappa shape index (κ1) is 16.6. The van der Waals surface area contributed by atoms with Crippen LogP contribution in [0.15, 0.2) is 36.7 Å². The molecule has 154 valence electrons. The molecule has 4 N–H and O–H groups in total. The number of rotatable bonds is 4. The maximum absolute atomic E-state index is 8.34. The molecule has 5 rings (SSSR count). The smallest absolute Gasteiger partial charge is 0.258 e. The van der Waals surface area contributed by atoms with Gasteiger partial charge in [0.05, 0.1) is 14.6 Å². The Labute approximate surface area is 178 Å². The van der Waals surface area contributed by atoms with Crippen LogP contribution < -0.4 is 16.2 Å². The number of likely N-dealkylation sites (N-methyl/N-ethyl adjacent to an activating group) is 1. The molecule has 1 fully saturated rings. The van der Waals surface area contributed by atoms with E-state index in [1.165, 1.54) is 47.9 Å². The molecule has 2 aliphatic rings. The second-order valence-corrected chi connectivity index (χ2v) is 8.40. The molecule has 0 amide bonds. The van der Waals surface area contributed by atoms with Crippen LogP contribution in [0.3, 0.4) is 0 Å². The number of hydrogen-bond acceptors (Lipinski definition) is 7. The minimum atomic E-state index is -2.20. The number of ether oxygens (including phenoxy) is 1. The zero-order chi connectivity index (χ0) is 22.7. The van der Waals surface area contributed by atoms with Gasteiger partial charge in [0.25, 0.3) is 5.88 Å². The number of benzene rings is 1. The quantitative estimate of drug-likeness (QED) is 0.689. The molecule has 1 spiro atoms. The van der Waals surface area contributed by atoms with Gasteiger partial charge in [0.15, 0.2) is 5.82 Å². The lowest BCUT2D eigenvalue weighted by molar-refractivity contribution is 0.270. The van der Waals surface area contributed by atoms with E-state index in [1.54, 1.807) is 6.20 Å². The van der Waals surface area contributed by atoms with Crippen LogP contribution in [0.5, 0.6) is 5.88 Å². The maximum atomic E-state index is 8.34. The molecular weight excluding hydrogens is 376 g/mol. The van der Waals surface area contributed by atoms with E-state index in [4.69, 9.17) is 18.9 Å². The monoisotopic (exact) mass is 404 g/mol. The highest BCUT2D eigenvalue weighted by Crippen LogP contribution is 2.53. The Bertz CT molecular complexity index is 1210. The largest absolute Gasteiger partial charge is 0.470 e. The molecule has 0 bridgehead atoms. The Morgan fingerprint density at radius 2 is 2.07 bits per heavy atom. The van der Waals surface area contributed by atoms with Crippen LogP contribution in [0.2, 0.25) is 0 Å². The predicted octanol–water partition coefficient (Wildman–Crippen LogP) is 3.07. The van der Waals surface area contributed by atoms with Gasteiger partial charge >= 0.3 is 0 Å². The van der Waals surface area contributed by atoms with Crippen molar-refractivity contribution in [3.63, 3.8) is 0 Å². The number of fused-ring (bicyclic) bond motifs is 2. The van der Waals surface area contributed by atoms with E-state index >= 15 is 0 Å². The van der Waals surface area contributed by atoms with Gasteiger partial charge in [-0.15, -0.1) is 0 Å². The number of hydrogen-bond donors (Lipinski definition) is 2. The molecule has 1 aliphatic heterocycles. The molecule has 0 atom stereocenters. The normalized spacial score (nSPS) is 18.5. The van der Waals surface area contributed by atoms with E-state index in [-0.39, 0.29) is 23.1 Å². The fourth-order valence-corrected chi connectivity index (χ4v) is 4.61. The van der Waals surface area contributed by atoms with Crippen LogP contribution in [0.25, 0.3) is 11.3 Å². The van der Waals surface area contributed by atoms with Crippen LogP contribution in [0.4, 0.5) is 11.6 Å². The van der Waals surface area contributed by atoms with E-state index in [9.17, 15) is 0 Å². The van der Waals surface area contributed by atoms with Crippen molar-refractivity contribution >= 4 is 11.6 Å². The summed E-state index contributed by atoms with van der Waals surface area (Å²) in [4.78, 5) is 15.0. The fraction of sp³-hybridized carbons (Fsp3) is 0.348. The molecule has 7 nitrogen and oxygen atoms in total. The van der Waals surface area contributed by atoms with Crippen molar-refractivity contribution in [2.24, 2.45) is 0 Å². The summed E-state index contributed by atoms with van der Waals surface area (Å²) in [5.74, 6) is 0.158. The Hall–Kier alpha value is -3.19. The first-order valence-corrected chi connectivity index (χ1v) is 10.0. The first-order chi connectivity index (χ1) is 15.2. The SMILES string of the molecule is [2H]C([2H])(Oc1nc(-c2cc(C)c3c(c2)CN(C)CC32CC2)cnc1N)c1ccnc(N)c1. The van der Waals surface area contributed by atoms with Gasteiger partial charge in [-0.05, 0) is 73.3 Å². The zero-order valence-corrected chi connectivity index (χ0v) is 17.1. The number of aryl methyl sites for hydroxylation is 1. The van der Waals surface area contributed by atoms with Gasteiger partial charge in [-0.3, -0.25) is 0 Å². The fourth-order valence-electron chi connectivity index (χ4n) is 4.61. The molecule has 7 heteroatoms. The summed E-state index contributed by atoms with van der Waals surface area (Å²) in [7, 11) is 2.16. The number of nitrogen functional groups attached to an aromatic ring is 2.